The summed E-state index contributed by atoms with van der Waals surface area (Å²) in [6, 6.07) is 0. The number of rotatable bonds is 3. The molecule has 1 aliphatic heterocycles. The molecule has 0 spiro atoms. The lowest BCUT2D eigenvalue weighted by Crippen LogP contribution is -2.43. The minimum Gasteiger partial charge on any atom is -0.519 e. The van der Waals surface area contributed by atoms with E-state index in [4.69, 9.17) is 9.16 Å². The van der Waals surface area contributed by atoms with Crippen LogP contribution in [0.25, 0.3) is 0 Å². The van der Waals surface area contributed by atoms with Crippen molar-refractivity contribution < 1.29 is 14.0 Å². The van der Waals surface area contributed by atoms with Crippen molar-refractivity contribution in [3.8, 4) is 0 Å². The first kappa shape index (κ1) is 15.7. The summed E-state index contributed by atoms with van der Waals surface area (Å²) in [6.45, 7) is 12.7. The molecule has 0 aromatic carbocycles. The Labute approximate surface area is 112 Å². The van der Waals surface area contributed by atoms with Gasteiger partial charge in [-0.15, -0.1) is 0 Å². The van der Waals surface area contributed by atoms with E-state index in [0.717, 1.165) is 19.3 Å². The molecule has 0 radical (unpaired) electrons. The molecule has 18 heavy (non-hydrogen) atoms. The Kier molecular flexibility index (Phi) is 5.01. The lowest BCUT2D eigenvalue weighted by Gasteiger charge is -2.36. The van der Waals surface area contributed by atoms with Crippen molar-refractivity contribution in [3.63, 3.8) is 0 Å². The fourth-order valence-electron chi connectivity index (χ4n) is 1.91. The molecule has 0 amide bonds. The second-order valence-corrected chi connectivity index (χ2v) is 11.7. The smallest absolute Gasteiger partial charge is 0.295 e. The molecule has 106 valence electrons. The predicted molar refractivity (Wildman–Crippen MR) is 76.1 cm³/mol. The molecular weight excluding hydrogens is 244 g/mol. The molecule has 0 saturated carbocycles. The van der Waals surface area contributed by atoms with Crippen molar-refractivity contribution in [1.82, 2.24) is 0 Å². The van der Waals surface area contributed by atoms with E-state index in [0.29, 0.717) is 6.42 Å². The summed E-state index contributed by atoms with van der Waals surface area (Å²) in [7, 11) is -1.97. The molecule has 3 nitrogen and oxygen atoms in total. The second kappa shape index (κ2) is 5.74. The molecule has 2 atom stereocenters. The minimum absolute atomic E-state index is 0.0611. The first-order chi connectivity index (χ1) is 8.12. The molecule has 0 aromatic rings. The summed E-state index contributed by atoms with van der Waals surface area (Å²) < 4.78 is 11.5. The van der Waals surface area contributed by atoms with Gasteiger partial charge in [0, 0.05) is 0 Å². The van der Waals surface area contributed by atoms with Gasteiger partial charge < -0.3 is 9.16 Å². The van der Waals surface area contributed by atoms with Crippen LogP contribution in [0.2, 0.25) is 18.1 Å². The fourth-order valence-corrected chi connectivity index (χ4v) is 2.87. The first-order valence-electron chi connectivity index (χ1n) is 6.99. The lowest BCUT2D eigenvalue weighted by atomic mass is 10.0. The Morgan fingerprint density at radius 3 is 2.44 bits per heavy atom. The maximum atomic E-state index is 12.0. The number of carbonyl (C=O) groups excluding carboxylic acids is 1. The van der Waals surface area contributed by atoms with Gasteiger partial charge in [0.2, 0.25) is 0 Å². The lowest BCUT2D eigenvalue weighted by molar-refractivity contribution is -0.141. The highest BCUT2D eigenvalue weighted by molar-refractivity contribution is 6.75. The SMILES string of the molecule is C[C@@H]1CCC[C@H](CC(=O)O[Si](C)(C)C(C)(C)C)O1. The van der Waals surface area contributed by atoms with Crippen molar-refractivity contribution >= 4 is 14.3 Å². The summed E-state index contributed by atoms with van der Waals surface area (Å²) in [6.07, 6.45) is 4.00. The predicted octanol–water partition coefficient (Wildman–Crippen LogP) is 3.88. The van der Waals surface area contributed by atoms with E-state index < -0.39 is 8.32 Å². The second-order valence-electron chi connectivity index (χ2n) is 6.94. The highest BCUT2D eigenvalue weighted by atomic mass is 28.4. The molecule has 1 heterocycles. The van der Waals surface area contributed by atoms with E-state index in [9.17, 15) is 4.79 Å². The highest BCUT2D eigenvalue weighted by Gasteiger charge is 2.40. The van der Waals surface area contributed by atoms with Crippen LogP contribution in [0.1, 0.15) is 53.4 Å². The van der Waals surface area contributed by atoms with Crippen LogP contribution in [0.4, 0.5) is 0 Å². The van der Waals surface area contributed by atoms with Crippen LogP contribution < -0.4 is 0 Å². The van der Waals surface area contributed by atoms with E-state index in [-0.39, 0.29) is 23.2 Å². The topological polar surface area (TPSA) is 35.5 Å². The molecular formula is C14H28O3Si. The normalized spacial score (nSPS) is 25.9. The zero-order valence-electron chi connectivity index (χ0n) is 12.7. The van der Waals surface area contributed by atoms with Gasteiger partial charge in [0.25, 0.3) is 14.3 Å². The Morgan fingerprint density at radius 1 is 1.33 bits per heavy atom. The third-order valence-electron chi connectivity index (χ3n) is 4.13. The van der Waals surface area contributed by atoms with Crippen molar-refractivity contribution in [1.29, 1.82) is 0 Å². The standard InChI is InChI=1S/C14H28O3Si/c1-11-8-7-9-12(16-11)10-13(15)17-18(5,6)14(2,3)4/h11-12H,7-10H2,1-6H3/t11-,12-/m1/s1. The molecule has 0 unspecified atom stereocenters. The van der Waals surface area contributed by atoms with Gasteiger partial charge in [-0.2, -0.15) is 0 Å². The van der Waals surface area contributed by atoms with Crippen LogP contribution in [0, 0.1) is 0 Å². The van der Waals surface area contributed by atoms with Gasteiger partial charge in [0.05, 0.1) is 18.6 Å². The Morgan fingerprint density at radius 2 is 1.94 bits per heavy atom. The molecule has 0 bridgehead atoms. The zero-order chi connectivity index (χ0) is 14.0. The summed E-state index contributed by atoms with van der Waals surface area (Å²) in [5.74, 6) is -0.0827. The number of hydrogen-bond acceptors (Lipinski definition) is 3. The quantitative estimate of drug-likeness (QED) is 0.731. The van der Waals surface area contributed by atoms with E-state index in [1.807, 2.05) is 0 Å². The van der Waals surface area contributed by atoms with Gasteiger partial charge in [0.15, 0.2) is 0 Å². The van der Waals surface area contributed by atoms with Gasteiger partial charge >= 0.3 is 0 Å². The Balaban J connectivity index is 2.46. The Bertz CT molecular complexity index is 294. The van der Waals surface area contributed by atoms with Crippen LogP contribution >= 0.6 is 0 Å². The molecule has 1 rings (SSSR count). The average Bonchev–Trinajstić information content (AvgIpc) is 2.14. The summed E-state index contributed by atoms with van der Waals surface area (Å²) in [5, 5.41) is 0.0728. The minimum atomic E-state index is -1.97. The largest absolute Gasteiger partial charge is 0.519 e. The first-order valence-corrected chi connectivity index (χ1v) is 9.90. The zero-order valence-corrected chi connectivity index (χ0v) is 13.7. The summed E-state index contributed by atoms with van der Waals surface area (Å²) in [4.78, 5) is 12.0. The van der Waals surface area contributed by atoms with Crippen molar-refractivity contribution in [2.45, 2.75) is 83.7 Å². The van der Waals surface area contributed by atoms with Crippen molar-refractivity contribution in [3.05, 3.63) is 0 Å². The van der Waals surface area contributed by atoms with Gasteiger partial charge in [-0.25, -0.2) is 0 Å². The average molecular weight is 272 g/mol. The maximum Gasteiger partial charge on any atom is 0.295 e. The number of ether oxygens (including phenoxy) is 1. The van der Waals surface area contributed by atoms with Gasteiger partial charge in [-0.1, -0.05) is 20.8 Å². The fraction of sp³-hybridized carbons (Fsp3) is 0.929. The third kappa shape index (κ3) is 4.39. The van der Waals surface area contributed by atoms with E-state index in [1.165, 1.54) is 0 Å². The maximum absolute atomic E-state index is 12.0. The van der Waals surface area contributed by atoms with Crippen molar-refractivity contribution in [2.24, 2.45) is 0 Å². The van der Waals surface area contributed by atoms with Crippen LogP contribution in [0.5, 0.6) is 0 Å². The van der Waals surface area contributed by atoms with E-state index >= 15 is 0 Å². The molecule has 0 aliphatic carbocycles. The summed E-state index contributed by atoms with van der Waals surface area (Å²) in [5.41, 5.74) is 0. The molecule has 1 aliphatic rings. The van der Waals surface area contributed by atoms with Gasteiger partial charge in [-0.05, 0) is 44.3 Å². The molecule has 0 N–H and O–H groups in total. The van der Waals surface area contributed by atoms with Crippen LogP contribution in [0.15, 0.2) is 0 Å². The molecule has 4 heteroatoms. The molecule has 1 saturated heterocycles. The molecule has 1 fully saturated rings. The molecule has 0 aromatic heterocycles. The monoisotopic (exact) mass is 272 g/mol. The Hall–Kier alpha value is -0.353. The van der Waals surface area contributed by atoms with Crippen LogP contribution in [0.3, 0.4) is 0 Å². The van der Waals surface area contributed by atoms with E-state index in [1.54, 1.807) is 0 Å². The highest BCUT2D eigenvalue weighted by Crippen LogP contribution is 2.37. The number of carbonyl (C=O) groups is 1. The van der Waals surface area contributed by atoms with E-state index in [2.05, 4.69) is 40.8 Å². The third-order valence-corrected chi connectivity index (χ3v) is 8.48. The summed E-state index contributed by atoms with van der Waals surface area (Å²) >= 11 is 0. The number of hydrogen-bond donors (Lipinski definition) is 0. The van der Waals surface area contributed by atoms with Crippen LogP contribution in [-0.2, 0) is 14.0 Å². The van der Waals surface area contributed by atoms with Gasteiger partial charge in [0.1, 0.15) is 0 Å². The van der Waals surface area contributed by atoms with Crippen molar-refractivity contribution in [2.75, 3.05) is 0 Å². The van der Waals surface area contributed by atoms with Gasteiger partial charge in [-0.3, -0.25) is 4.79 Å². The van der Waals surface area contributed by atoms with Crippen LogP contribution in [-0.4, -0.2) is 26.5 Å².